The summed E-state index contributed by atoms with van der Waals surface area (Å²) in [5.74, 6) is -0.227. The molecule has 0 radical (unpaired) electrons. The van der Waals surface area contributed by atoms with Gasteiger partial charge >= 0.3 is 5.97 Å². The van der Waals surface area contributed by atoms with E-state index in [1.54, 1.807) is 24.0 Å². The molecule has 0 amide bonds. The topological polar surface area (TPSA) is 102 Å². The number of hydrogen-bond acceptors (Lipinski definition) is 6. The van der Waals surface area contributed by atoms with Gasteiger partial charge in [-0.15, -0.1) is 0 Å². The molecule has 0 saturated heterocycles. The van der Waals surface area contributed by atoms with Gasteiger partial charge in [0.05, 0.1) is 12.8 Å². The molecule has 2 aromatic heterocycles. The monoisotopic (exact) mass is 291 g/mol. The van der Waals surface area contributed by atoms with Crippen LogP contribution in [0.15, 0.2) is 24.8 Å². The zero-order chi connectivity index (χ0) is 15.2. The van der Waals surface area contributed by atoms with Crippen LogP contribution in [0.2, 0.25) is 0 Å². The van der Waals surface area contributed by atoms with Crippen LogP contribution < -0.4 is 10.1 Å². The summed E-state index contributed by atoms with van der Waals surface area (Å²) in [5.41, 5.74) is 0.541. The molecule has 0 aromatic carbocycles. The van der Waals surface area contributed by atoms with Crippen LogP contribution in [-0.2, 0) is 11.8 Å². The van der Waals surface area contributed by atoms with Crippen LogP contribution in [0.1, 0.15) is 24.9 Å². The number of carbonyl (C=O) groups is 1. The molecule has 21 heavy (non-hydrogen) atoms. The van der Waals surface area contributed by atoms with Gasteiger partial charge in [-0.3, -0.25) is 4.68 Å². The molecule has 1 atom stereocenters. The maximum atomic E-state index is 11.4. The summed E-state index contributed by atoms with van der Waals surface area (Å²) < 4.78 is 6.94. The molecule has 2 aromatic rings. The quantitative estimate of drug-likeness (QED) is 0.791. The average molecular weight is 291 g/mol. The third-order valence-electron chi connectivity index (χ3n) is 2.69. The second-order valence-electron chi connectivity index (χ2n) is 4.45. The predicted molar refractivity (Wildman–Crippen MR) is 75.0 cm³/mol. The van der Waals surface area contributed by atoms with Gasteiger partial charge in [0, 0.05) is 24.9 Å². The van der Waals surface area contributed by atoms with Gasteiger partial charge in [0.15, 0.2) is 6.04 Å². The lowest BCUT2D eigenvalue weighted by Gasteiger charge is -2.13. The van der Waals surface area contributed by atoms with Crippen molar-refractivity contribution in [2.24, 2.45) is 7.05 Å². The van der Waals surface area contributed by atoms with E-state index < -0.39 is 12.0 Å². The summed E-state index contributed by atoms with van der Waals surface area (Å²) in [6, 6.07) is 0.634. The summed E-state index contributed by atoms with van der Waals surface area (Å²) in [4.78, 5) is 19.4. The molecule has 0 aliphatic heterocycles. The number of carboxylic acid groups (broad SMARTS) is 1. The Balaban J connectivity index is 2.15. The number of ether oxygens (including phenoxy) is 1. The van der Waals surface area contributed by atoms with Gasteiger partial charge in [-0.1, -0.05) is 6.92 Å². The molecule has 0 saturated carbocycles. The first-order valence-electron chi connectivity index (χ1n) is 6.53. The Hall–Kier alpha value is -2.64. The zero-order valence-electron chi connectivity index (χ0n) is 11.9. The fourth-order valence-corrected chi connectivity index (χ4v) is 1.73. The largest absolute Gasteiger partial charge is 0.479 e. The highest BCUT2D eigenvalue weighted by atomic mass is 16.5. The Morgan fingerprint density at radius 1 is 1.52 bits per heavy atom. The molecule has 0 aliphatic rings. The second-order valence-corrected chi connectivity index (χ2v) is 4.45. The number of hydrogen-bond donors (Lipinski definition) is 2. The van der Waals surface area contributed by atoms with Crippen molar-refractivity contribution in [2.75, 3.05) is 11.9 Å². The minimum absolute atomic E-state index is 0.382. The van der Waals surface area contributed by atoms with Gasteiger partial charge in [-0.05, 0) is 6.42 Å². The maximum absolute atomic E-state index is 11.4. The van der Waals surface area contributed by atoms with Crippen LogP contribution >= 0.6 is 0 Å². The SMILES string of the molecule is CCCOc1cc(NC(C(=O)O)c2cnn(C)c2)ncn1. The van der Waals surface area contributed by atoms with Crippen molar-refractivity contribution >= 4 is 11.8 Å². The predicted octanol–water partition coefficient (Wildman–Crippen LogP) is 1.24. The number of nitrogens with zero attached hydrogens (tertiary/aromatic N) is 4. The van der Waals surface area contributed by atoms with Crippen LogP contribution in [-0.4, -0.2) is 37.4 Å². The van der Waals surface area contributed by atoms with Crippen molar-refractivity contribution < 1.29 is 14.6 Å². The minimum Gasteiger partial charge on any atom is -0.479 e. The first-order chi connectivity index (χ1) is 10.1. The van der Waals surface area contributed by atoms with E-state index in [2.05, 4.69) is 20.4 Å². The van der Waals surface area contributed by atoms with Gasteiger partial charge in [0.1, 0.15) is 12.1 Å². The Kier molecular flexibility index (Phi) is 4.70. The molecule has 1 unspecified atom stereocenters. The summed E-state index contributed by atoms with van der Waals surface area (Å²) in [6.07, 6.45) is 5.33. The number of anilines is 1. The van der Waals surface area contributed by atoms with Crippen LogP contribution in [0.5, 0.6) is 5.88 Å². The Morgan fingerprint density at radius 2 is 2.33 bits per heavy atom. The number of aromatic nitrogens is 4. The Labute approximate surface area is 121 Å². The van der Waals surface area contributed by atoms with E-state index in [0.29, 0.717) is 23.9 Å². The van der Waals surface area contributed by atoms with Crippen molar-refractivity contribution in [1.29, 1.82) is 0 Å². The third-order valence-corrected chi connectivity index (χ3v) is 2.69. The van der Waals surface area contributed by atoms with Crippen molar-refractivity contribution in [3.63, 3.8) is 0 Å². The number of aliphatic carboxylic acids is 1. The van der Waals surface area contributed by atoms with Gasteiger partial charge in [-0.25, -0.2) is 14.8 Å². The molecular formula is C13H17N5O3. The number of rotatable bonds is 7. The molecule has 112 valence electrons. The highest BCUT2D eigenvalue weighted by molar-refractivity contribution is 5.78. The first kappa shape index (κ1) is 14.8. The van der Waals surface area contributed by atoms with Crippen LogP contribution in [0.25, 0.3) is 0 Å². The minimum atomic E-state index is -1.02. The molecule has 2 rings (SSSR count). The number of nitrogens with one attached hydrogen (secondary N) is 1. The lowest BCUT2D eigenvalue weighted by molar-refractivity contribution is -0.138. The van der Waals surface area contributed by atoms with E-state index in [-0.39, 0.29) is 0 Å². The second kappa shape index (κ2) is 6.69. The molecule has 0 aliphatic carbocycles. The van der Waals surface area contributed by atoms with E-state index in [9.17, 15) is 9.90 Å². The smallest absolute Gasteiger partial charge is 0.330 e. The zero-order valence-corrected chi connectivity index (χ0v) is 11.9. The van der Waals surface area contributed by atoms with Crippen molar-refractivity contribution in [1.82, 2.24) is 19.7 Å². The van der Waals surface area contributed by atoms with Gasteiger partial charge in [0.25, 0.3) is 0 Å². The van der Waals surface area contributed by atoms with Gasteiger partial charge < -0.3 is 15.2 Å². The normalized spacial score (nSPS) is 11.9. The molecule has 0 fully saturated rings. The summed E-state index contributed by atoms with van der Waals surface area (Å²) in [6.45, 7) is 2.53. The molecule has 8 nitrogen and oxygen atoms in total. The van der Waals surface area contributed by atoms with E-state index in [0.717, 1.165) is 6.42 Å². The molecule has 2 N–H and O–H groups in total. The molecule has 8 heteroatoms. The lowest BCUT2D eigenvalue weighted by atomic mass is 10.1. The fraction of sp³-hybridized carbons (Fsp3) is 0.385. The summed E-state index contributed by atoms with van der Waals surface area (Å²) >= 11 is 0. The van der Waals surface area contributed by atoms with E-state index in [1.807, 2.05) is 6.92 Å². The van der Waals surface area contributed by atoms with E-state index in [1.165, 1.54) is 12.5 Å². The Bertz CT molecular complexity index is 613. The van der Waals surface area contributed by atoms with Crippen LogP contribution in [0.3, 0.4) is 0 Å². The molecule has 0 bridgehead atoms. The van der Waals surface area contributed by atoms with Crippen LogP contribution in [0, 0.1) is 0 Å². The highest BCUT2D eigenvalue weighted by Crippen LogP contribution is 2.20. The molecule has 2 heterocycles. The lowest BCUT2D eigenvalue weighted by Crippen LogP contribution is -2.20. The van der Waals surface area contributed by atoms with Crippen LogP contribution in [0.4, 0.5) is 5.82 Å². The van der Waals surface area contributed by atoms with Gasteiger partial charge in [-0.2, -0.15) is 5.10 Å². The molecule has 0 spiro atoms. The van der Waals surface area contributed by atoms with Crippen molar-refractivity contribution in [3.8, 4) is 5.88 Å². The third kappa shape index (κ3) is 3.91. The van der Waals surface area contributed by atoms with E-state index in [4.69, 9.17) is 4.74 Å². The van der Waals surface area contributed by atoms with Gasteiger partial charge in [0.2, 0.25) is 5.88 Å². The first-order valence-corrected chi connectivity index (χ1v) is 6.53. The van der Waals surface area contributed by atoms with E-state index >= 15 is 0 Å². The number of carboxylic acids is 1. The highest BCUT2D eigenvalue weighted by Gasteiger charge is 2.21. The fourth-order valence-electron chi connectivity index (χ4n) is 1.73. The number of aryl methyl sites for hydroxylation is 1. The Morgan fingerprint density at radius 3 is 2.95 bits per heavy atom. The average Bonchev–Trinajstić information content (AvgIpc) is 2.89. The maximum Gasteiger partial charge on any atom is 0.330 e. The summed E-state index contributed by atoms with van der Waals surface area (Å²) in [5, 5.41) is 16.2. The van der Waals surface area contributed by atoms with Crippen molar-refractivity contribution in [2.45, 2.75) is 19.4 Å². The summed E-state index contributed by atoms with van der Waals surface area (Å²) in [7, 11) is 1.73. The standard InChI is InChI=1S/C13H17N5O3/c1-3-4-21-11-5-10(14-8-15-11)17-12(13(19)20)9-6-16-18(2)7-9/h5-8,12H,3-4H2,1-2H3,(H,19,20)(H,14,15,17). The van der Waals surface area contributed by atoms with Crippen molar-refractivity contribution in [3.05, 3.63) is 30.4 Å². The molecular weight excluding hydrogens is 274 g/mol.